The molecule has 0 fully saturated rings. The summed E-state index contributed by atoms with van der Waals surface area (Å²) in [6, 6.07) is 61.8. The topological polar surface area (TPSA) is 0 Å². The molecular weight excluding hydrogens is 504 g/mol. The smallest absolute Gasteiger partial charge is 0.00199 e. The summed E-state index contributed by atoms with van der Waals surface area (Å²) >= 11 is 0. The summed E-state index contributed by atoms with van der Waals surface area (Å²) in [5.74, 6) is 0. The lowest BCUT2D eigenvalue weighted by Gasteiger charge is -2.20. The maximum absolute atomic E-state index is 2.39. The second-order valence-corrected chi connectivity index (χ2v) is 10.9. The van der Waals surface area contributed by atoms with Gasteiger partial charge in [0.1, 0.15) is 0 Å². The van der Waals surface area contributed by atoms with E-state index in [1.165, 1.54) is 76.8 Å². The Labute approximate surface area is 246 Å². The monoisotopic (exact) mass is 532 g/mol. The Bertz CT molecular complexity index is 2170. The summed E-state index contributed by atoms with van der Waals surface area (Å²) in [6.07, 6.45) is 0. The lowest BCUT2D eigenvalue weighted by atomic mass is 9.82. The molecule has 0 atom stereocenters. The molecule has 0 nitrogen and oxygen atoms in total. The molecular formula is C42H28. The number of fused-ring (bicyclic) bond motifs is 3. The molecule has 8 aromatic rings. The first-order chi connectivity index (χ1) is 20.8. The van der Waals surface area contributed by atoms with Crippen molar-refractivity contribution in [2.45, 2.75) is 0 Å². The lowest BCUT2D eigenvalue weighted by Crippen LogP contribution is -1.93. The summed E-state index contributed by atoms with van der Waals surface area (Å²) in [5.41, 5.74) is 10.0. The van der Waals surface area contributed by atoms with Gasteiger partial charge in [-0.15, -0.1) is 0 Å². The highest BCUT2D eigenvalue weighted by Gasteiger charge is 2.19. The van der Waals surface area contributed by atoms with Crippen molar-refractivity contribution in [2.24, 2.45) is 0 Å². The second-order valence-electron chi connectivity index (χ2n) is 10.9. The maximum atomic E-state index is 2.39. The Balaban J connectivity index is 1.48. The third kappa shape index (κ3) is 4.08. The number of hydrogen-bond acceptors (Lipinski definition) is 0. The first kappa shape index (κ1) is 24.3. The van der Waals surface area contributed by atoms with E-state index in [0.29, 0.717) is 0 Å². The molecule has 0 heteroatoms. The van der Waals surface area contributed by atoms with E-state index >= 15 is 0 Å². The van der Waals surface area contributed by atoms with E-state index in [9.17, 15) is 0 Å². The van der Waals surface area contributed by atoms with Gasteiger partial charge >= 0.3 is 0 Å². The SMILES string of the molecule is c1ccc(-c2cccc(-c3c4ccccc4c(-c4cc5ccccc5cc4-c4ccccc4)c4ccccc34)c2)cc1. The largest absolute Gasteiger partial charge is 0.0622 e. The van der Waals surface area contributed by atoms with Gasteiger partial charge in [0, 0.05) is 0 Å². The van der Waals surface area contributed by atoms with Crippen LogP contribution < -0.4 is 0 Å². The molecule has 0 radical (unpaired) electrons. The molecule has 0 saturated carbocycles. The zero-order valence-electron chi connectivity index (χ0n) is 23.2. The summed E-state index contributed by atoms with van der Waals surface area (Å²) in [7, 11) is 0. The fourth-order valence-corrected chi connectivity index (χ4v) is 6.52. The highest BCUT2D eigenvalue weighted by atomic mass is 14.2. The normalized spacial score (nSPS) is 11.3. The van der Waals surface area contributed by atoms with Crippen LogP contribution in [0.1, 0.15) is 0 Å². The van der Waals surface area contributed by atoms with Gasteiger partial charge in [-0.25, -0.2) is 0 Å². The molecule has 0 bridgehead atoms. The van der Waals surface area contributed by atoms with Gasteiger partial charge in [-0.2, -0.15) is 0 Å². The Morgan fingerprint density at radius 3 is 1.26 bits per heavy atom. The van der Waals surface area contributed by atoms with E-state index in [1.807, 2.05) is 0 Å². The average molecular weight is 533 g/mol. The van der Waals surface area contributed by atoms with Crippen LogP contribution in [0.15, 0.2) is 170 Å². The predicted octanol–water partition coefficient (Wildman–Crippen LogP) is 11.8. The van der Waals surface area contributed by atoms with E-state index < -0.39 is 0 Å². The molecule has 0 N–H and O–H groups in total. The molecule has 8 rings (SSSR count). The molecule has 196 valence electrons. The minimum absolute atomic E-state index is 1.23. The molecule has 0 amide bonds. The predicted molar refractivity (Wildman–Crippen MR) is 181 cm³/mol. The molecule has 0 spiro atoms. The Kier molecular flexibility index (Phi) is 5.90. The highest BCUT2D eigenvalue weighted by molar-refractivity contribution is 6.23. The van der Waals surface area contributed by atoms with Crippen molar-refractivity contribution >= 4 is 32.3 Å². The molecule has 0 aromatic heterocycles. The minimum atomic E-state index is 1.23. The van der Waals surface area contributed by atoms with Gasteiger partial charge < -0.3 is 0 Å². The van der Waals surface area contributed by atoms with Crippen LogP contribution >= 0.6 is 0 Å². The van der Waals surface area contributed by atoms with Gasteiger partial charge in [0.05, 0.1) is 0 Å². The Morgan fingerprint density at radius 2 is 0.667 bits per heavy atom. The van der Waals surface area contributed by atoms with Crippen molar-refractivity contribution in [1.82, 2.24) is 0 Å². The lowest BCUT2D eigenvalue weighted by molar-refractivity contribution is 1.61. The van der Waals surface area contributed by atoms with Crippen LogP contribution in [0.25, 0.3) is 76.8 Å². The van der Waals surface area contributed by atoms with Gasteiger partial charge in [-0.3, -0.25) is 0 Å². The quantitative estimate of drug-likeness (QED) is 0.198. The van der Waals surface area contributed by atoms with Crippen molar-refractivity contribution in [3.05, 3.63) is 170 Å². The number of hydrogen-bond donors (Lipinski definition) is 0. The zero-order chi connectivity index (χ0) is 27.9. The molecule has 0 heterocycles. The van der Waals surface area contributed by atoms with Crippen molar-refractivity contribution < 1.29 is 0 Å². The molecule has 0 saturated heterocycles. The Morgan fingerprint density at radius 1 is 0.238 bits per heavy atom. The minimum Gasteiger partial charge on any atom is -0.0622 e. The van der Waals surface area contributed by atoms with Gasteiger partial charge in [0.2, 0.25) is 0 Å². The van der Waals surface area contributed by atoms with E-state index in [1.54, 1.807) is 0 Å². The molecule has 0 aliphatic carbocycles. The third-order valence-electron chi connectivity index (χ3n) is 8.43. The van der Waals surface area contributed by atoms with Gasteiger partial charge in [-0.1, -0.05) is 152 Å². The van der Waals surface area contributed by atoms with E-state index in [0.717, 1.165) is 0 Å². The van der Waals surface area contributed by atoms with Crippen LogP contribution in [0.2, 0.25) is 0 Å². The molecule has 0 aliphatic rings. The van der Waals surface area contributed by atoms with Crippen LogP contribution in [0.4, 0.5) is 0 Å². The van der Waals surface area contributed by atoms with Crippen molar-refractivity contribution in [3.63, 3.8) is 0 Å². The van der Waals surface area contributed by atoms with Crippen molar-refractivity contribution in [1.29, 1.82) is 0 Å². The van der Waals surface area contributed by atoms with Crippen LogP contribution in [0.3, 0.4) is 0 Å². The van der Waals surface area contributed by atoms with E-state index in [-0.39, 0.29) is 0 Å². The zero-order valence-corrected chi connectivity index (χ0v) is 23.2. The molecule has 8 aromatic carbocycles. The van der Waals surface area contributed by atoms with E-state index in [4.69, 9.17) is 0 Å². The van der Waals surface area contributed by atoms with Crippen molar-refractivity contribution in [3.8, 4) is 44.5 Å². The molecule has 0 unspecified atom stereocenters. The summed E-state index contributed by atoms with van der Waals surface area (Å²) in [4.78, 5) is 0. The van der Waals surface area contributed by atoms with E-state index in [2.05, 4.69) is 170 Å². The molecule has 42 heavy (non-hydrogen) atoms. The van der Waals surface area contributed by atoms with Crippen LogP contribution in [-0.4, -0.2) is 0 Å². The van der Waals surface area contributed by atoms with Gasteiger partial charge in [-0.05, 0) is 95.0 Å². The van der Waals surface area contributed by atoms with Crippen LogP contribution in [0, 0.1) is 0 Å². The van der Waals surface area contributed by atoms with Crippen LogP contribution in [0.5, 0.6) is 0 Å². The second kappa shape index (κ2) is 10.2. The summed E-state index contributed by atoms with van der Waals surface area (Å²) < 4.78 is 0. The molecule has 0 aliphatic heterocycles. The standard InChI is InChI=1S/C42H28/c1-3-14-29(15-4-1)31-20-13-21-34(26-31)41-35-22-9-11-24-37(35)42(38-25-12-10-23-36(38)41)40-28-33-19-8-7-18-32(33)27-39(40)30-16-5-2-6-17-30/h1-28H. The summed E-state index contributed by atoms with van der Waals surface area (Å²) in [5, 5.41) is 7.57. The summed E-state index contributed by atoms with van der Waals surface area (Å²) in [6.45, 7) is 0. The average Bonchev–Trinajstić information content (AvgIpc) is 3.07. The highest BCUT2D eigenvalue weighted by Crippen LogP contribution is 2.47. The van der Waals surface area contributed by atoms with Crippen molar-refractivity contribution in [2.75, 3.05) is 0 Å². The van der Waals surface area contributed by atoms with Gasteiger partial charge in [0.25, 0.3) is 0 Å². The van der Waals surface area contributed by atoms with Crippen LogP contribution in [-0.2, 0) is 0 Å². The number of rotatable bonds is 4. The fraction of sp³-hybridized carbons (Fsp3) is 0. The number of benzene rings is 8. The first-order valence-electron chi connectivity index (χ1n) is 14.5. The maximum Gasteiger partial charge on any atom is -0.00199 e. The Hall–Kier alpha value is -5.46. The third-order valence-corrected chi connectivity index (χ3v) is 8.43. The van der Waals surface area contributed by atoms with Gasteiger partial charge in [0.15, 0.2) is 0 Å². The first-order valence-corrected chi connectivity index (χ1v) is 14.5. The fourth-order valence-electron chi connectivity index (χ4n) is 6.52.